The van der Waals surface area contributed by atoms with Gasteiger partial charge in [-0.25, -0.2) is 0 Å². The molecule has 1 N–H and O–H groups in total. The van der Waals surface area contributed by atoms with Crippen LogP contribution in [0.3, 0.4) is 0 Å². The van der Waals surface area contributed by atoms with Crippen molar-refractivity contribution < 1.29 is 42.6 Å². The monoisotopic (exact) mass is 662 g/mol. The fourth-order valence-corrected chi connectivity index (χ4v) is 6.45. The number of methoxy groups -OCH3 is 2. The van der Waals surface area contributed by atoms with Crippen molar-refractivity contribution in [1.82, 2.24) is 10.2 Å². The fraction of sp³-hybridized carbons (Fsp3) is 0.750. The van der Waals surface area contributed by atoms with Gasteiger partial charge >= 0.3 is 11.9 Å². The van der Waals surface area contributed by atoms with Gasteiger partial charge in [0, 0.05) is 25.7 Å². The molecule has 4 atom stereocenters. The van der Waals surface area contributed by atoms with Crippen molar-refractivity contribution in [1.29, 1.82) is 0 Å². The van der Waals surface area contributed by atoms with Crippen LogP contribution in [-0.4, -0.2) is 120 Å². The molecule has 1 heterocycles. The van der Waals surface area contributed by atoms with Crippen molar-refractivity contribution in [3.8, 4) is 11.5 Å². The molecule has 0 radical (unpaired) electrons. The molecule has 1 aliphatic carbocycles. The van der Waals surface area contributed by atoms with E-state index in [1.54, 1.807) is 14.2 Å². The average molecular weight is 663 g/mol. The zero-order valence-corrected chi connectivity index (χ0v) is 30.1. The first-order valence-electron chi connectivity index (χ1n) is 17.2. The molecule has 0 bridgehead atoms. The zero-order chi connectivity index (χ0) is 34.6. The maximum absolute atomic E-state index is 12.7. The molecule has 2 unspecified atom stereocenters. The van der Waals surface area contributed by atoms with Crippen LogP contribution < -0.4 is 14.8 Å². The molecule has 1 saturated carbocycles. The number of rotatable bonds is 17. The number of quaternary nitrogens is 1. The minimum atomic E-state index is -0.542. The highest BCUT2D eigenvalue weighted by molar-refractivity contribution is 5.78. The highest BCUT2D eigenvalue weighted by Crippen LogP contribution is 2.30. The van der Waals surface area contributed by atoms with E-state index in [-0.39, 0.29) is 61.3 Å². The lowest BCUT2D eigenvalue weighted by atomic mass is 9.91. The van der Waals surface area contributed by atoms with Crippen LogP contribution in [0.5, 0.6) is 11.5 Å². The molecule has 1 aliphatic heterocycles. The first-order valence-corrected chi connectivity index (χ1v) is 17.2. The van der Waals surface area contributed by atoms with Crippen LogP contribution in [0.4, 0.5) is 0 Å². The minimum Gasteiger partial charge on any atom is -0.493 e. The third kappa shape index (κ3) is 14.0. The Hall–Kier alpha value is -2.89. The Labute approximate surface area is 282 Å². The molecular weight excluding hydrogens is 602 g/mol. The number of carbonyl (C=O) groups is 3. The van der Waals surface area contributed by atoms with E-state index < -0.39 is 6.10 Å². The lowest BCUT2D eigenvalue weighted by Crippen LogP contribution is -2.46. The summed E-state index contributed by atoms with van der Waals surface area (Å²) in [5.41, 5.74) is 0.944. The summed E-state index contributed by atoms with van der Waals surface area (Å²) in [6.07, 6.45) is 5.90. The number of nitrogens with one attached hydrogen (secondary N) is 1. The van der Waals surface area contributed by atoms with Crippen molar-refractivity contribution >= 4 is 17.8 Å². The Balaban J connectivity index is 1.40. The maximum Gasteiger partial charge on any atom is 0.307 e. The van der Waals surface area contributed by atoms with Gasteiger partial charge in [0.05, 0.1) is 67.3 Å². The number of ether oxygens (including phenoxy) is 5. The summed E-state index contributed by atoms with van der Waals surface area (Å²) in [4.78, 5) is 40.2. The van der Waals surface area contributed by atoms with Gasteiger partial charge in [-0.1, -0.05) is 39.7 Å². The Morgan fingerprint density at radius 1 is 1.00 bits per heavy atom. The SMILES string of the molecule is COc1ccc(CCO[C@@H]2CCCC[C@H]2N2CCC(OC(=O)CCNC(=O)CC(C[N+](C)(C)C)OC(=O)CC(C)(C)C)C2)cc1OC. The minimum absolute atomic E-state index is 0.0525. The summed E-state index contributed by atoms with van der Waals surface area (Å²) >= 11 is 0. The highest BCUT2D eigenvalue weighted by Gasteiger charge is 2.36. The van der Waals surface area contributed by atoms with Gasteiger partial charge in [-0.2, -0.15) is 0 Å². The predicted octanol–water partition coefficient (Wildman–Crippen LogP) is 4.14. The smallest absolute Gasteiger partial charge is 0.307 e. The second-order valence-corrected chi connectivity index (χ2v) is 15.2. The van der Waals surface area contributed by atoms with Crippen molar-refractivity contribution in [3.63, 3.8) is 0 Å². The molecule has 2 aliphatic rings. The van der Waals surface area contributed by atoms with Gasteiger partial charge in [0.2, 0.25) is 5.91 Å². The van der Waals surface area contributed by atoms with Crippen LogP contribution in [0.15, 0.2) is 18.2 Å². The number of likely N-dealkylation sites (N-methyl/N-ethyl adjacent to an activating group) is 1. The number of carbonyl (C=O) groups excluding carboxylic acids is 3. The van der Waals surface area contributed by atoms with E-state index in [1.165, 1.54) is 6.42 Å². The van der Waals surface area contributed by atoms with Gasteiger partial charge in [0.1, 0.15) is 12.6 Å². The largest absolute Gasteiger partial charge is 0.493 e. The Bertz CT molecular complexity index is 1160. The Morgan fingerprint density at radius 3 is 2.40 bits per heavy atom. The van der Waals surface area contributed by atoms with Crippen LogP contribution >= 0.6 is 0 Å². The molecule has 1 amide bonds. The van der Waals surface area contributed by atoms with Gasteiger partial charge in [0.25, 0.3) is 0 Å². The maximum atomic E-state index is 12.7. The molecule has 1 aromatic carbocycles. The van der Waals surface area contributed by atoms with E-state index in [0.29, 0.717) is 36.0 Å². The number of hydrogen-bond acceptors (Lipinski definition) is 9. The normalized spacial score (nSPS) is 21.1. The topological polar surface area (TPSA) is 113 Å². The molecule has 0 aromatic heterocycles. The molecular formula is C36H60N3O8+. The summed E-state index contributed by atoms with van der Waals surface area (Å²) in [6, 6.07) is 6.28. The van der Waals surface area contributed by atoms with Gasteiger partial charge in [-0.3, -0.25) is 19.3 Å². The number of hydrogen-bond donors (Lipinski definition) is 1. The number of likely N-dealkylation sites (tertiary alicyclic amines) is 1. The second-order valence-electron chi connectivity index (χ2n) is 15.2. The van der Waals surface area contributed by atoms with E-state index in [1.807, 2.05) is 60.1 Å². The predicted molar refractivity (Wildman–Crippen MR) is 180 cm³/mol. The number of amides is 1. The van der Waals surface area contributed by atoms with E-state index in [4.69, 9.17) is 23.7 Å². The number of esters is 2. The van der Waals surface area contributed by atoms with Gasteiger partial charge in [-0.05, 0) is 48.8 Å². The van der Waals surface area contributed by atoms with Crippen LogP contribution in [0.2, 0.25) is 0 Å². The summed E-state index contributed by atoms with van der Waals surface area (Å²) < 4.78 is 29.3. The van der Waals surface area contributed by atoms with E-state index in [0.717, 1.165) is 50.0 Å². The molecule has 266 valence electrons. The fourth-order valence-electron chi connectivity index (χ4n) is 6.45. The molecule has 11 heteroatoms. The first-order chi connectivity index (χ1) is 22.2. The Morgan fingerprint density at radius 2 is 1.72 bits per heavy atom. The molecule has 2 fully saturated rings. The number of benzene rings is 1. The molecule has 47 heavy (non-hydrogen) atoms. The van der Waals surface area contributed by atoms with Gasteiger partial charge in [-0.15, -0.1) is 0 Å². The van der Waals surface area contributed by atoms with E-state index >= 15 is 0 Å². The summed E-state index contributed by atoms with van der Waals surface area (Å²) in [5.74, 6) is 0.566. The molecule has 1 saturated heterocycles. The third-order valence-electron chi connectivity index (χ3n) is 8.57. The van der Waals surface area contributed by atoms with Crippen LogP contribution in [0.25, 0.3) is 0 Å². The standard InChI is InChI=1S/C36H59N3O8/c1-36(2,3)23-35(42)47-28(25-39(4,5)6)22-33(40)37-18-15-34(41)46-27-16-19-38(24-27)29-11-9-10-12-30(29)45-20-17-26-13-14-31(43-7)32(21-26)44-8/h13-14,21,27-30H,9-12,15-20,22-25H2,1-8H3/p+1/t27?,28?,29-,30-/m1/s1. The summed E-state index contributed by atoms with van der Waals surface area (Å²) in [5, 5.41) is 2.81. The van der Waals surface area contributed by atoms with Gasteiger partial charge < -0.3 is 33.5 Å². The number of nitrogens with zero attached hydrogens (tertiary/aromatic N) is 2. The van der Waals surface area contributed by atoms with Crippen molar-refractivity contribution in [2.24, 2.45) is 5.41 Å². The quantitative estimate of drug-likeness (QED) is 0.194. The third-order valence-corrected chi connectivity index (χ3v) is 8.57. The van der Waals surface area contributed by atoms with Crippen LogP contribution in [0.1, 0.15) is 77.7 Å². The molecule has 11 nitrogen and oxygen atoms in total. The molecule has 0 spiro atoms. The van der Waals surface area contributed by atoms with Crippen molar-refractivity contribution in [3.05, 3.63) is 23.8 Å². The summed E-state index contributed by atoms with van der Waals surface area (Å²) in [7, 11) is 9.25. The Kier molecular flexibility index (Phi) is 14.8. The van der Waals surface area contributed by atoms with Crippen molar-refractivity contribution in [2.75, 3.05) is 68.1 Å². The van der Waals surface area contributed by atoms with E-state index in [2.05, 4.69) is 10.2 Å². The van der Waals surface area contributed by atoms with Gasteiger partial charge in [0.15, 0.2) is 17.6 Å². The van der Waals surface area contributed by atoms with Crippen LogP contribution in [-0.2, 0) is 35.0 Å². The lowest BCUT2D eigenvalue weighted by Gasteiger charge is -2.37. The first kappa shape index (κ1) is 38.6. The van der Waals surface area contributed by atoms with Crippen LogP contribution in [0, 0.1) is 5.41 Å². The summed E-state index contributed by atoms with van der Waals surface area (Å²) in [6.45, 7) is 8.82. The lowest BCUT2D eigenvalue weighted by molar-refractivity contribution is -0.873. The molecule has 1 aromatic rings. The second kappa shape index (κ2) is 18.0. The zero-order valence-electron chi connectivity index (χ0n) is 30.1. The van der Waals surface area contributed by atoms with Crippen molar-refractivity contribution in [2.45, 2.75) is 103 Å². The van der Waals surface area contributed by atoms with E-state index in [9.17, 15) is 14.4 Å². The highest BCUT2D eigenvalue weighted by atomic mass is 16.5. The molecule has 3 rings (SSSR count). The average Bonchev–Trinajstić information content (AvgIpc) is 3.43.